The van der Waals surface area contributed by atoms with Crippen molar-refractivity contribution in [2.24, 2.45) is 0 Å². The second kappa shape index (κ2) is 8.24. The van der Waals surface area contributed by atoms with Crippen LogP contribution in [-0.4, -0.2) is 11.8 Å². The molecule has 0 fully saturated rings. The number of amides is 2. The molecule has 0 unspecified atom stereocenters. The van der Waals surface area contributed by atoms with Crippen LogP contribution in [0.3, 0.4) is 0 Å². The standard InChI is InChI=1S/C19H13Cl2FN2O3/c20-12-3-6-14(15(21)10-12)16-7-8-17(27-16)19(26)24-23-18(25)9-11-1-4-13(22)5-2-11/h1-8,10H,9H2,(H,23,25)(H,24,26). The molecule has 0 saturated heterocycles. The predicted molar refractivity (Wildman–Crippen MR) is 99.9 cm³/mol. The van der Waals surface area contributed by atoms with Crippen molar-refractivity contribution in [2.75, 3.05) is 0 Å². The van der Waals surface area contributed by atoms with Crippen LogP contribution in [0.1, 0.15) is 16.1 Å². The zero-order valence-electron chi connectivity index (χ0n) is 13.8. The number of halogens is 3. The summed E-state index contributed by atoms with van der Waals surface area (Å²) in [5, 5.41) is 0.869. The monoisotopic (exact) mass is 406 g/mol. The number of nitrogens with one attached hydrogen (secondary N) is 2. The van der Waals surface area contributed by atoms with E-state index in [4.69, 9.17) is 27.6 Å². The van der Waals surface area contributed by atoms with Crippen LogP contribution >= 0.6 is 23.2 Å². The number of furan rings is 1. The molecule has 3 rings (SSSR count). The molecule has 1 heterocycles. The average Bonchev–Trinajstić information content (AvgIpc) is 3.11. The van der Waals surface area contributed by atoms with Crippen LogP contribution < -0.4 is 10.9 Å². The van der Waals surface area contributed by atoms with Gasteiger partial charge in [0.25, 0.3) is 0 Å². The first-order chi connectivity index (χ1) is 12.9. The maximum absolute atomic E-state index is 12.9. The van der Waals surface area contributed by atoms with E-state index in [-0.39, 0.29) is 18.0 Å². The predicted octanol–water partition coefficient (Wildman–Crippen LogP) is 4.40. The third kappa shape index (κ3) is 4.87. The Morgan fingerprint density at radius 2 is 1.70 bits per heavy atom. The molecule has 0 bridgehead atoms. The van der Waals surface area contributed by atoms with Crippen molar-refractivity contribution in [2.45, 2.75) is 6.42 Å². The number of carbonyl (C=O) groups is 2. The van der Waals surface area contributed by atoms with Crippen LogP contribution in [0.2, 0.25) is 10.0 Å². The lowest BCUT2D eigenvalue weighted by Crippen LogP contribution is -2.42. The van der Waals surface area contributed by atoms with Crippen molar-refractivity contribution in [1.82, 2.24) is 10.9 Å². The smallest absolute Gasteiger partial charge is 0.305 e. The number of carbonyl (C=O) groups excluding carboxylic acids is 2. The Labute approximate surface area is 164 Å². The zero-order chi connectivity index (χ0) is 19.4. The topological polar surface area (TPSA) is 71.3 Å². The summed E-state index contributed by atoms with van der Waals surface area (Å²) in [6.07, 6.45) is -0.00958. The fourth-order valence-corrected chi connectivity index (χ4v) is 2.82. The minimum atomic E-state index is -0.626. The molecule has 8 heteroatoms. The Bertz CT molecular complexity index is 987. The van der Waals surface area contributed by atoms with Crippen LogP contribution in [0, 0.1) is 5.82 Å². The second-order valence-corrected chi connectivity index (χ2v) is 6.44. The first kappa shape index (κ1) is 18.9. The quantitative estimate of drug-likeness (QED) is 0.630. The highest BCUT2D eigenvalue weighted by Crippen LogP contribution is 2.31. The lowest BCUT2D eigenvalue weighted by atomic mass is 10.1. The summed E-state index contributed by atoms with van der Waals surface area (Å²) in [4.78, 5) is 24.0. The molecule has 2 N–H and O–H groups in total. The molecule has 0 aliphatic heterocycles. The molecule has 0 spiro atoms. The Hall–Kier alpha value is -2.83. The molecule has 3 aromatic rings. The van der Waals surface area contributed by atoms with E-state index in [1.807, 2.05) is 0 Å². The van der Waals surface area contributed by atoms with Gasteiger partial charge in [-0.3, -0.25) is 20.4 Å². The summed E-state index contributed by atoms with van der Waals surface area (Å²) in [6.45, 7) is 0. The van der Waals surface area contributed by atoms with Crippen molar-refractivity contribution in [3.63, 3.8) is 0 Å². The molecule has 0 saturated carbocycles. The number of hydrogen-bond acceptors (Lipinski definition) is 3. The van der Waals surface area contributed by atoms with Gasteiger partial charge in [-0.1, -0.05) is 35.3 Å². The maximum Gasteiger partial charge on any atom is 0.305 e. The molecule has 0 aliphatic carbocycles. The summed E-state index contributed by atoms with van der Waals surface area (Å²) >= 11 is 12.0. The number of benzene rings is 2. The third-order valence-corrected chi connectivity index (χ3v) is 4.17. The van der Waals surface area contributed by atoms with Crippen molar-refractivity contribution in [3.8, 4) is 11.3 Å². The molecule has 0 radical (unpaired) electrons. The van der Waals surface area contributed by atoms with Gasteiger partial charge in [0.2, 0.25) is 5.91 Å². The SMILES string of the molecule is O=C(Cc1ccc(F)cc1)NNC(=O)c1ccc(-c2ccc(Cl)cc2Cl)o1. The molecular formula is C19H13Cl2FN2O3. The highest BCUT2D eigenvalue weighted by molar-refractivity contribution is 6.36. The van der Waals surface area contributed by atoms with Gasteiger partial charge < -0.3 is 4.42 Å². The van der Waals surface area contributed by atoms with E-state index >= 15 is 0 Å². The van der Waals surface area contributed by atoms with Gasteiger partial charge in [0.1, 0.15) is 11.6 Å². The Balaban J connectivity index is 1.59. The highest BCUT2D eigenvalue weighted by Gasteiger charge is 2.15. The molecule has 138 valence electrons. The molecule has 27 heavy (non-hydrogen) atoms. The van der Waals surface area contributed by atoms with Crippen molar-refractivity contribution >= 4 is 35.0 Å². The average molecular weight is 407 g/mol. The van der Waals surface area contributed by atoms with Crippen molar-refractivity contribution in [3.05, 3.63) is 81.8 Å². The van der Waals surface area contributed by atoms with Gasteiger partial charge in [0.05, 0.1) is 11.4 Å². The van der Waals surface area contributed by atoms with Crippen LogP contribution in [0.25, 0.3) is 11.3 Å². The minimum Gasteiger partial charge on any atom is -0.451 e. The molecule has 0 atom stereocenters. The molecule has 2 amide bonds. The first-order valence-electron chi connectivity index (χ1n) is 7.81. The van der Waals surface area contributed by atoms with Gasteiger partial charge >= 0.3 is 5.91 Å². The normalized spacial score (nSPS) is 10.5. The summed E-state index contributed by atoms with van der Waals surface area (Å²) < 4.78 is 18.3. The van der Waals surface area contributed by atoms with E-state index in [9.17, 15) is 14.0 Å². The van der Waals surface area contributed by atoms with Gasteiger partial charge in [-0.15, -0.1) is 0 Å². The summed E-state index contributed by atoms with van der Waals surface area (Å²) in [7, 11) is 0. The molecule has 5 nitrogen and oxygen atoms in total. The van der Waals surface area contributed by atoms with E-state index in [0.29, 0.717) is 26.9 Å². The van der Waals surface area contributed by atoms with Crippen LogP contribution in [0.5, 0.6) is 0 Å². The van der Waals surface area contributed by atoms with E-state index < -0.39 is 11.8 Å². The second-order valence-electron chi connectivity index (χ2n) is 5.59. The zero-order valence-corrected chi connectivity index (χ0v) is 15.3. The Kier molecular flexibility index (Phi) is 5.78. The number of hydrazine groups is 1. The van der Waals surface area contributed by atoms with E-state index in [1.54, 1.807) is 24.3 Å². The van der Waals surface area contributed by atoms with E-state index in [0.717, 1.165) is 0 Å². The van der Waals surface area contributed by atoms with Gasteiger partial charge in [0.15, 0.2) is 5.76 Å². The number of rotatable bonds is 4. The minimum absolute atomic E-state index is 0.00176. The van der Waals surface area contributed by atoms with E-state index in [2.05, 4.69) is 10.9 Å². The van der Waals surface area contributed by atoms with Crippen molar-refractivity contribution < 1.29 is 18.4 Å². The van der Waals surface area contributed by atoms with Crippen LogP contribution in [-0.2, 0) is 11.2 Å². The molecule has 2 aromatic carbocycles. The number of hydrogen-bond donors (Lipinski definition) is 2. The summed E-state index contributed by atoms with van der Waals surface area (Å²) in [5.41, 5.74) is 5.73. The molecule has 0 aliphatic rings. The van der Waals surface area contributed by atoms with E-state index in [1.165, 1.54) is 30.3 Å². The Morgan fingerprint density at radius 1 is 0.963 bits per heavy atom. The third-order valence-electron chi connectivity index (χ3n) is 3.62. The summed E-state index contributed by atoms with van der Waals surface area (Å²) in [5.74, 6) is -1.08. The lowest BCUT2D eigenvalue weighted by molar-refractivity contribution is -0.121. The maximum atomic E-state index is 12.9. The fourth-order valence-electron chi connectivity index (χ4n) is 2.31. The van der Waals surface area contributed by atoms with Gasteiger partial charge in [0, 0.05) is 10.6 Å². The van der Waals surface area contributed by atoms with Crippen molar-refractivity contribution in [1.29, 1.82) is 0 Å². The van der Waals surface area contributed by atoms with Gasteiger partial charge in [-0.05, 0) is 48.0 Å². The lowest BCUT2D eigenvalue weighted by Gasteiger charge is -2.06. The largest absolute Gasteiger partial charge is 0.451 e. The molecule has 1 aromatic heterocycles. The van der Waals surface area contributed by atoms with Gasteiger partial charge in [-0.2, -0.15) is 0 Å². The highest BCUT2D eigenvalue weighted by atomic mass is 35.5. The van der Waals surface area contributed by atoms with Crippen LogP contribution in [0.4, 0.5) is 4.39 Å². The molecular weight excluding hydrogens is 394 g/mol. The van der Waals surface area contributed by atoms with Crippen LogP contribution in [0.15, 0.2) is 59.0 Å². The Morgan fingerprint density at radius 3 is 2.41 bits per heavy atom. The summed E-state index contributed by atoms with van der Waals surface area (Å²) in [6, 6.07) is 13.4. The fraction of sp³-hybridized carbons (Fsp3) is 0.0526. The first-order valence-corrected chi connectivity index (χ1v) is 8.57. The van der Waals surface area contributed by atoms with Gasteiger partial charge in [-0.25, -0.2) is 4.39 Å².